The summed E-state index contributed by atoms with van der Waals surface area (Å²) >= 11 is 0. The lowest BCUT2D eigenvalue weighted by molar-refractivity contribution is 0.105. The summed E-state index contributed by atoms with van der Waals surface area (Å²) in [6.45, 7) is 9.05. The van der Waals surface area contributed by atoms with Crippen molar-refractivity contribution in [3.05, 3.63) is 53.9 Å². The lowest BCUT2D eigenvalue weighted by Crippen LogP contribution is -2.45. The van der Waals surface area contributed by atoms with Crippen LogP contribution in [0.25, 0.3) is 0 Å². The fraction of sp³-hybridized carbons (Fsp3) is 0.522. The minimum Gasteiger partial charge on any atom is -0.486 e. The molecule has 5 nitrogen and oxygen atoms in total. The van der Waals surface area contributed by atoms with Crippen LogP contribution in [0.5, 0.6) is 11.5 Å². The van der Waals surface area contributed by atoms with Crippen LogP contribution in [-0.2, 0) is 13.0 Å². The topological polar surface area (TPSA) is 37.8 Å². The molecule has 2 aromatic rings. The molecule has 2 aliphatic heterocycles. The Balaban J connectivity index is 1.45. The third kappa shape index (κ3) is 4.83. The number of benzene rings is 1. The Morgan fingerprint density at radius 2 is 1.89 bits per heavy atom. The molecule has 0 atom stereocenters. The van der Waals surface area contributed by atoms with Crippen molar-refractivity contribution in [1.82, 2.24) is 14.8 Å². The van der Waals surface area contributed by atoms with Crippen molar-refractivity contribution in [2.45, 2.75) is 38.8 Å². The summed E-state index contributed by atoms with van der Waals surface area (Å²) in [5, 5.41) is 0. The maximum absolute atomic E-state index is 5.79. The molecule has 0 spiro atoms. The predicted molar refractivity (Wildman–Crippen MR) is 111 cm³/mol. The van der Waals surface area contributed by atoms with E-state index in [0.29, 0.717) is 19.3 Å². The van der Waals surface area contributed by atoms with Crippen LogP contribution in [0.15, 0.2) is 42.6 Å². The maximum Gasteiger partial charge on any atom is 0.161 e. The van der Waals surface area contributed by atoms with Crippen molar-refractivity contribution in [2.75, 3.05) is 39.4 Å². The summed E-state index contributed by atoms with van der Waals surface area (Å²) in [4.78, 5) is 9.71. The first-order valence-corrected chi connectivity index (χ1v) is 10.6. The van der Waals surface area contributed by atoms with E-state index < -0.39 is 0 Å². The molecule has 150 valence electrons. The van der Waals surface area contributed by atoms with Crippen LogP contribution in [0.2, 0.25) is 0 Å². The molecule has 1 aromatic carbocycles. The van der Waals surface area contributed by atoms with Gasteiger partial charge in [0.25, 0.3) is 0 Å². The van der Waals surface area contributed by atoms with Crippen molar-refractivity contribution >= 4 is 0 Å². The SMILES string of the molecule is CCN1CCC(N(CCc2ccccn2)Cc2ccc3c(c2)OCCO3)CC1. The van der Waals surface area contributed by atoms with Gasteiger partial charge in [0.1, 0.15) is 13.2 Å². The van der Waals surface area contributed by atoms with Crippen LogP contribution in [0.3, 0.4) is 0 Å². The van der Waals surface area contributed by atoms with Gasteiger partial charge in [-0.3, -0.25) is 9.88 Å². The molecule has 0 unspecified atom stereocenters. The number of hydrogen-bond acceptors (Lipinski definition) is 5. The molecule has 5 heteroatoms. The molecule has 0 N–H and O–H groups in total. The number of piperidine rings is 1. The highest BCUT2D eigenvalue weighted by Gasteiger charge is 2.24. The van der Waals surface area contributed by atoms with E-state index in [-0.39, 0.29) is 0 Å². The van der Waals surface area contributed by atoms with Gasteiger partial charge in [0.2, 0.25) is 0 Å². The van der Waals surface area contributed by atoms with Gasteiger partial charge in [0.15, 0.2) is 11.5 Å². The maximum atomic E-state index is 5.79. The lowest BCUT2D eigenvalue weighted by atomic mass is 10.0. The fourth-order valence-corrected chi connectivity index (χ4v) is 4.22. The third-order valence-corrected chi connectivity index (χ3v) is 5.89. The van der Waals surface area contributed by atoms with Crippen LogP contribution >= 0.6 is 0 Å². The van der Waals surface area contributed by atoms with Crippen molar-refractivity contribution in [3.8, 4) is 11.5 Å². The Kier molecular flexibility index (Phi) is 6.45. The van der Waals surface area contributed by atoms with Gasteiger partial charge in [-0.1, -0.05) is 19.1 Å². The second-order valence-corrected chi connectivity index (χ2v) is 7.68. The molecular weight excluding hydrogens is 350 g/mol. The number of nitrogens with zero attached hydrogens (tertiary/aromatic N) is 3. The number of likely N-dealkylation sites (tertiary alicyclic amines) is 1. The van der Waals surface area contributed by atoms with Crippen LogP contribution < -0.4 is 9.47 Å². The Labute approximate surface area is 168 Å². The van der Waals surface area contributed by atoms with Gasteiger partial charge < -0.3 is 14.4 Å². The summed E-state index contributed by atoms with van der Waals surface area (Å²) in [6, 6.07) is 13.2. The number of hydrogen-bond donors (Lipinski definition) is 0. The molecule has 1 saturated heterocycles. The van der Waals surface area contributed by atoms with Gasteiger partial charge >= 0.3 is 0 Å². The second-order valence-electron chi connectivity index (χ2n) is 7.68. The molecule has 28 heavy (non-hydrogen) atoms. The molecule has 0 saturated carbocycles. The highest BCUT2D eigenvalue weighted by molar-refractivity contribution is 5.43. The molecule has 2 aliphatic rings. The van der Waals surface area contributed by atoms with Crippen molar-refractivity contribution < 1.29 is 9.47 Å². The molecule has 3 heterocycles. The monoisotopic (exact) mass is 381 g/mol. The Hall–Kier alpha value is -2.11. The zero-order valence-electron chi connectivity index (χ0n) is 16.8. The van der Waals surface area contributed by atoms with E-state index >= 15 is 0 Å². The molecule has 0 aliphatic carbocycles. The van der Waals surface area contributed by atoms with Crippen molar-refractivity contribution in [1.29, 1.82) is 0 Å². The first kappa shape index (κ1) is 19.2. The van der Waals surface area contributed by atoms with Crippen LogP contribution in [0.4, 0.5) is 0 Å². The zero-order valence-corrected chi connectivity index (χ0v) is 16.8. The van der Waals surface area contributed by atoms with E-state index in [2.05, 4.69) is 52.0 Å². The highest BCUT2D eigenvalue weighted by atomic mass is 16.6. The summed E-state index contributed by atoms with van der Waals surface area (Å²) in [5.41, 5.74) is 2.46. The van der Waals surface area contributed by atoms with E-state index in [4.69, 9.17) is 9.47 Å². The minimum absolute atomic E-state index is 0.625. The first-order chi connectivity index (χ1) is 13.8. The van der Waals surface area contributed by atoms with Gasteiger partial charge in [0.05, 0.1) is 0 Å². The molecule has 1 aromatic heterocycles. The molecule has 1 fully saturated rings. The number of ether oxygens (including phenoxy) is 2. The van der Waals surface area contributed by atoms with Crippen molar-refractivity contribution in [3.63, 3.8) is 0 Å². The Morgan fingerprint density at radius 1 is 1.07 bits per heavy atom. The first-order valence-electron chi connectivity index (χ1n) is 10.6. The van der Waals surface area contributed by atoms with E-state index in [1.807, 2.05) is 12.3 Å². The minimum atomic E-state index is 0.625. The van der Waals surface area contributed by atoms with Gasteiger partial charge in [0, 0.05) is 37.4 Å². The number of fused-ring (bicyclic) bond motifs is 1. The summed E-state index contributed by atoms with van der Waals surface area (Å²) < 4.78 is 11.5. The van der Waals surface area contributed by atoms with E-state index in [0.717, 1.165) is 37.6 Å². The standard InChI is InChI=1S/C23H31N3O2/c1-2-25-12-9-21(10-13-25)26(14-8-20-5-3-4-11-24-20)18-19-6-7-22-23(17-19)28-16-15-27-22/h3-7,11,17,21H,2,8-10,12-16,18H2,1H3. The summed E-state index contributed by atoms with van der Waals surface area (Å²) in [5.74, 6) is 1.75. The fourth-order valence-electron chi connectivity index (χ4n) is 4.22. The molecular formula is C23H31N3O2. The smallest absolute Gasteiger partial charge is 0.161 e. The quantitative estimate of drug-likeness (QED) is 0.735. The van der Waals surface area contributed by atoms with Crippen LogP contribution in [-0.4, -0.2) is 60.2 Å². The van der Waals surface area contributed by atoms with E-state index in [1.54, 1.807) is 0 Å². The highest BCUT2D eigenvalue weighted by Crippen LogP contribution is 2.31. The number of rotatable bonds is 7. The average molecular weight is 382 g/mol. The van der Waals surface area contributed by atoms with Gasteiger partial charge in [-0.2, -0.15) is 0 Å². The van der Waals surface area contributed by atoms with Crippen LogP contribution in [0.1, 0.15) is 31.0 Å². The number of pyridine rings is 1. The largest absolute Gasteiger partial charge is 0.486 e. The zero-order chi connectivity index (χ0) is 19.2. The molecule has 0 bridgehead atoms. The predicted octanol–water partition coefficient (Wildman–Crippen LogP) is 3.38. The van der Waals surface area contributed by atoms with E-state index in [9.17, 15) is 0 Å². The molecule has 0 radical (unpaired) electrons. The third-order valence-electron chi connectivity index (χ3n) is 5.89. The summed E-state index contributed by atoms with van der Waals surface area (Å²) in [7, 11) is 0. The van der Waals surface area contributed by atoms with Gasteiger partial charge in [-0.25, -0.2) is 0 Å². The number of aromatic nitrogens is 1. The Bertz CT molecular complexity index is 745. The van der Waals surface area contributed by atoms with Crippen molar-refractivity contribution in [2.24, 2.45) is 0 Å². The Morgan fingerprint density at radius 3 is 2.64 bits per heavy atom. The van der Waals surface area contributed by atoms with Crippen LogP contribution in [0, 0.1) is 0 Å². The lowest BCUT2D eigenvalue weighted by Gasteiger charge is -2.38. The second kappa shape index (κ2) is 9.39. The van der Waals surface area contributed by atoms with Gasteiger partial charge in [-0.15, -0.1) is 0 Å². The normalized spacial score (nSPS) is 17.8. The van der Waals surface area contributed by atoms with E-state index in [1.165, 1.54) is 37.2 Å². The molecule has 4 rings (SSSR count). The summed E-state index contributed by atoms with van der Waals surface area (Å²) in [6.07, 6.45) is 5.35. The van der Waals surface area contributed by atoms with Gasteiger partial charge in [-0.05, 0) is 62.3 Å². The average Bonchev–Trinajstić information content (AvgIpc) is 2.77. The molecule has 0 amide bonds.